The molecule has 1 aliphatic rings. The maximum Gasteiger partial charge on any atom is 0.319 e. The number of hydrogen-bond donors (Lipinski definition) is 0. The van der Waals surface area contributed by atoms with E-state index < -0.39 is 23.6 Å². The topological polar surface area (TPSA) is 74.8 Å². The van der Waals surface area contributed by atoms with E-state index in [4.69, 9.17) is 0 Å². The van der Waals surface area contributed by atoms with Gasteiger partial charge in [-0.2, -0.15) is 0 Å². The second-order valence-corrected chi connectivity index (χ2v) is 2.71. The van der Waals surface area contributed by atoms with Gasteiger partial charge in [0.1, 0.15) is 0 Å². The van der Waals surface area contributed by atoms with Crippen molar-refractivity contribution in [2.75, 3.05) is 13.1 Å². The lowest BCUT2D eigenvalue weighted by Crippen LogP contribution is -2.60. The number of amides is 4. The molecule has 0 unspecified atom stereocenters. The minimum Gasteiger partial charge on any atom is -0.266 e. The van der Waals surface area contributed by atoms with Crippen LogP contribution in [0.15, 0.2) is 0 Å². The molecule has 1 fully saturated rings. The first-order valence-corrected chi connectivity index (χ1v) is 4.26. The summed E-state index contributed by atoms with van der Waals surface area (Å²) in [5.74, 6) is -3.73. The highest BCUT2D eigenvalue weighted by Crippen LogP contribution is 2.07. The molecular formula is C8H10N2O4. The number of carbonyl (C=O) groups excluding carboxylic acids is 4. The number of carbonyl (C=O) groups is 4. The predicted octanol–water partition coefficient (Wildman–Crippen LogP) is -1.25. The van der Waals surface area contributed by atoms with Crippen LogP contribution >= 0.6 is 0 Å². The molecular weight excluding hydrogens is 188 g/mol. The number of nitrogens with zero attached hydrogens (tertiary/aromatic N) is 2. The van der Waals surface area contributed by atoms with Gasteiger partial charge in [-0.15, -0.1) is 0 Å². The van der Waals surface area contributed by atoms with E-state index in [0.29, 0.717) is 9.80 Å². The summed E-state index contributed by atoms with van der Waals surface area (Å²) in [6.45, 7) is 3.12. The van der Waals surface area contributed by atoms with Gasteiger partial charge in [0.25, 0.3) is 0 Å². The van der Waals surface area contributed by atoms with Gasteiger partial charge in [0.05, 0.1) is 0 Å². The zero-order chi connectivity index (χ0) is 10.9. The Bertz CT molecular complexity index is 263. The molecule has 0 radical (unpaired) electrons. The maximum atomic E-state index is 11.2. The van der Waals surface area contributed by atoms with E-state index in [2.05, 4.69) is 0 Å². The zero-order valence-corrected chi connectivity index (χ0v) is 7.94. The van der Waals surface area contributed by atoms with E-state index in [0.717, 1.165) is 0 Å². The SMILES string of the molecule is CCN1C(=O)C(=O)N(CC)C(=O)C1=O. The van der Waals surface area contributed by atoms with Crippen molar-refractivity contribution >= 4 is 23.6 Å². The van der Waals surface area contributed by atoms with Crippen molar-refractivity contribution in [2.24, 2.45) is 0 Å². The summed E-state index contributed by atoms with van der Waals surface area (Å²) in [6, 6.07) is 0. The quantitative estimate of drug-likeness (QED) is 0.410. The first kappa shape index (κ1) is 10.4. The smallest absolute Gasteiger partial charge is 0.266 e. The van der Waals surface area contributed by atoms with Crippen molar-refractivity contribution in [2.45, 2.75) is 13.8 Å². The number of imide groups is 2. The Morgan fingerprint density at radius 1 is 0.714 bits per heavy atom. The lowest BCUT2D eigenvalue weighted by molar-refractivity contribution is -0.170. The Kier molecular flexibility index (Phi) is 2.64. The summed E-state index contributed by atoms with van der Waals surface area (Å²) >= 11 is 0. The lowest BCUT2D eigenvalue weighted by Gasteiger charge is -2.28. The molecule has 4 amide bonds. The van der Waals surface area contributed by atoms with Crippen molar-refractivity contribution in [1.29, 1.82) is 0 Å². The predicted molar refractivity (Wildman–Crippen MR) is 44.8 cm³/mol. The van der Waals surface area contributed by atoms with Crippen LogP contribution < -0.4 is 0 Å². The van der Waals surface area contributed by atoms with Gasteiger partial charge in [-0.25, -0.2) is 0 Å². The van der Waals surface area contributed by atoms with Crippen molar-refractivity contribution in [3.05, 3.63) is 0 Å². The molecule has 0 N–H and O–H groups in total. The monoisotopic (exact) mass is 198 g/mol. The number of hydrogen-bond acceptors (Lipinski definition) is 4. The second kappa shape index (κ2) is 3.57. The molecule has 0 aromatic carbocycles. The highest BCUT2D eigenvalue weighted by Gasteiger charge is 2.43. The maximum absolute atomic E-state index is 11.2. The van der Waals surface area contributed by atoms with Gasteiger partial charge in [0.15, 0.2) is 0 Å². The van der Waals surface area contributed by atoms with Crippen molar-refractivity contribution in [3.8, 4) is 0 Å². The van der Waals surface area contributed by atoms with Gasteiger partial charge < -0.3 is 0 Å². The third kappa shape index (κ3) is 1.28. The van der Waals surface area contributed by atoms with Gasteiger partial charge in [-0.05, 0) is 13.8 Å². The fraction of sp³-hybridized carbons (Fsp3) is 0.500. The van der Waals surface area contributed by atoms with Gasteiger partial charge >= 0.3 is 23.6 Å². The molecule has 0 atom stereocenters. The van der Waals surface area contributed by atoms with Crippen LogP contribution in [0, 0.1) is 0 Å². The highest BCUT2D eigenvalue weighted by molar-refractivity contribution is 6.54. The van der Waals surface area contributed by atoms with Crippen LogP contribution in [-0.2, 0) is 19.2 Å². The summed E-state index contributed by atoms with van der Waals surface area (Å²) in [4.78, 5) is 46.3. The van der Waals surface area contributed by atoms with Crippen LogP contribution in [-0.4, -0.2) is 46.5 Å². The lowest BCUT2D eigenvalue weighted by atomic mass is 10.2. The number of rotatable bonds is 2. The Hall–Kier alpha value is -1.72. The fourth-order valence-electron chi connectivity index (χ4n) is 1.22. The minimum atomic E-state index is -0.932. The van der Waals surface area contributed by atoms with Crippen LogP contribution in [0.25, 0.3) is 0 Å². The zero-order valence-electron chi connectivity index (χ0n) is 7.94. The van der Waals surface area contributed by atoms with Crippen LogP contribution in [0.3, 0.4) is 0 Å². The Balaban J connectivity index is 3.06. The molecule has 1 saturated heterocycles. The fourth-order valence-corrected chi connectivity index (χ4v) is 1.22. The molecule has 0 bridgehead atoms. The molecule has 76 valence electrons. The second-order valence-electron chi connectivity index (χ2n) is 2.71. The largest absolute Gasteiger partial charge is 0.319 e. The highest BCUT2D eigenvalue weighted by atomic mass is 16.2. The molecule has 6 heteroatoms. The molecule has 0 aromatic heterocycles. The molecule has 6 nitrogen and oxygen atoms in total. The number of likely N-dealkylation sites (N-methyl/N-ethyl adjacent to an activating group) is 2. The normalized spacial score (nSPS) is 18.1. The average Bonchev–Trinajstić information content (AvgIpc) is 2.17. The van der Waals surface area contributed by atoms with Gasteiger partial charge in [-0.3, -0.25) is 29.0 Å². The third-order valence-corrected chi connectivity index (χ3v) is 1.98. The molecule has 0 saturated carbocycles. The molecule has 0 aromatic rings. The number of piperazine rings is 1. The van der Waals surface area contributed by atoms with E-state index >= 15 is 0 Å². The standard InChI is InChI=1S/C8H10N2O4/c1-3-9-5(11)7(13)10(4-2)8(14)6(9)12/h3-4H2,1-2H3. The summed E-state index contributed by atoms with van der Waals surface area (Å²) in [5.41, 5.74) is 0. The van der Waals surface area contributed by atoms with E-state index in [1.165, 1.54) is 13.8 Å². The average molecular weight is 198 g/mol. The van der Waals surface area contributed by atoms with E-state index in [9.17, 15) is 19.2 Å². The van der Waals surface area contributed by atoms with Gasteiger partial charge in [0.2, 0.25) is 0 Å². The van der Waals surface area contributed by atoms with Crippen LogP contribution in [0.1, 0.15) is 13.8 Å². The molecule has 14 heavy (non-hydrogen) atoms. The van der Waals surface area contributed by atoms with E-state index in [1.807, 2.05) is 0 Å². The first-order valence-electron chi connectivity index (χ1n) is 4.26. The Morgan fingerprint density at radius 3 is 1.07 bits per heavy atom. The van der Waals surface area contributed by atoms with Crippen LogP contribution in [0.2, 0.25) is 0 Å². The van der Waals surface area contributed by atoms with E-state index in [-0.39, 0.29) is 13.1 Å². The van der Waals surface area contributed by atoms with Gasteiger partial charge in [-0.1, -0.05) is 0 Å². The Labute approximate surface area is 80.5 Å². The van der Waals surface area contributed by atoms with Gasteiger partial charge in [0, 0.05) is 13.1 Å². The van der Waals surface area contributed by atoms with Crippen molar-refractivity contribution in [3.63, 3.8) is 0 Å². The van der Waals surface area contributed by atoms with Crippen LogP contribution in [0.5, 0.6) is 0 Å². The van der Waals surface area contributed by atoms with Crippen LogP contribution in [0.4, 0.5) is 0 Å². The first-order chi connectivity index (χ1) is 6.54. The molecule has 1 heterocycles. The van der Waals surface area contributed by atoms with Crippen molar-refractivity contribution < 1.29 is 19.2 Å². The minimum absolute atomic E-state index is 0.0344. The third-order valence-electron chi connectivity index (χ3n) is 1.98. The summed E-state index contributed by atoms with van der Waals surface area (Å²) < 4.78 is 0. The molecule has 0 spiro atoms. The summed E-state index contributed by atoms with van der Waals surface area (Å²) in [5, 5.41) is 0. The summed E-state index contributed by atoms with van der Waals surface area (Å²) in [7, 11) is 0. The van der Waals surface area contributed by atoms with Crippen molar-refractivity contribution in [1.82, 2.24) is 9.80 Å². The molecule has 1 rings (SSSR count). The Morgan fingerprint density at radius 2 is 0.929 bits per heavy atom. The molecule has 0 aliphatic carbocycles. The van der Waals surface area contributed by atoms with E-state index in [1.54, 1.807) is 0 Å². The molecule has 1 aliphatic heterocycles. The summed E-state index contributed by atoms with van der Waals surface area (Å²) in [6.07, 6.45) is 0.